The number of hydrogen-bond donors (Lipinski definition) is 1. The number of aromatic nitrogens is 1. The summed E-state index contributed by atoms with van der Waals surface area (Å²) in [6, 6.07) is 2.14. The molecule has 0 aromatic carbocycles. The van der Waals surface area contributed by atoms with Gasteiger partial charge in [-0.15, -0.1) is 11.3 Å². The van der Waals surface area contributed by atoms with Crippen LogP contribution in [0.3, 0.4) is 0 Å². The summed E-state index contributed by atoms with van der Waals surface area (Å²) in [6.45, 7) is 6.53. The summed E-state index contributed by atoms with van der Waals surface area (Å²) in [4.78, 5) is 17.0. The number of nitrogens with zero attached hydrogens (tertiary/aromatic N) is 2. The van der Waals surface area contributed by atoms with Crippen molar-refractivity contribution >= 4 is 38.8 Å². The van der Waals surface area contributed by atoms with E-state index in [2.05, 4.69) is 46.1 Å². The molecule has 1 N–H and O–H groups in total. The average molecular weight is 356 g/mol. The summed E-state index contributed by atoms with van der Waals surface area (Å²) in [6.07, 6.45) is 1.29. The van der Waals surface area contributed by atoms with Gasteiger partial charge >= 0.3 is 0 Å². The van der Waals surface area contributed by atoms with Crippen molar-refractivity contribution in [3.63, 3.8) is 0 Å². The summed E-state index contributed by atoms with van der Waals surface area (Å²) >= 11 is 5.10. The smallest absolute Gasteiger partial charge is 0.291 e. The van der Waals surface area contributed by atoms with Crippen LogP contribution in [-0.4, -0.2) is 9.91 Å². The first-order valence-corrected chi connectivity index (χ1v) is 7.60. The zero-order valence-corrected chi connectivity index (χ0v) is 13.8. The summed E-state index contributed by atoms with van der Waals surface area (Å²) < 4.78 is 0.636. The third-order valence-electron chi connectivity index (χ3n) is 3.08. The quantitative estimate of drug-likeness (QED) is 0.653. The first kappa shape index (κ1) is 14.9. The molecule has 0 aliphatic rings. The molecule has 2 heterocycles. The molecule has 7 heteroatoms. The van der Waals surface area contributed by atoms with E-state index in [4.69, 9.17) is 0 Å². The van der Waals surface area contributed by atoms with Crippen molar-refractivity contribution < 1.29 is 4.92 Å². The molecule has 0 saturated heterocycles. The highest BCUT2D eigenvalue weighted by molar-refractivity contribution is 9.10. The van der Waals surface area contributed by atoms with Gasteiger partial charge in [0.25, 0.3) is 5.69 Å². The highest BCUT2D eigenvalue weighted by atomic mass is 79.9. The molecule has 0 aliphatic heterocycles. The van der Waals surface area contributed by atoms with E-state index in [0.717, 1.165) is 0 Å². The molecule has 0 bridgehead atoms. The third kappa shape index (κ3) is 2.99. The molecule has 2 rings (SSSR count). The van der Waals surface area contributed by atoms with Crippen molar-refractivity contribution in [2.24, 2.45) is 0 Å². The number of nitrogens with one attached hydrogen (secondary N) is 1. The normalized spacial score (nSPS) is 10.6. The molecule has 0 fully saturated rings. The lowest BCUT2D eigenvalue weighted by molar-refractivity contribution is -0.385. The lowest BCUT2D eigenvalue weighted by Gasteiger charge is -2.08. The van der Waals surface area contributed by atoms with Crippen LogP contribution >= 0.6 is 27.3 Å². The average Bonchev–Trinajstić information content (AvgIpc) is 2.70. The largest absolute Gasteiger partial charge is 0.364 e. The lowest BCUT2D eigenvalue weighted by atomic mass is 10.2. The zero-order valence-electron chi connectivity index (χ0n) is 11.4. The molecular formula is C13H14BrN3O2S. The SMILES string of the molecule is Cc1cc(CNc2ncc([N+](=O)[O-])c(C)c2Br)sc1C. The minimum atomic E-state index is -0.428. The summed E-state index contributed by atoms with van der Waals surface area (Å²) in [5.74, 6) is 0.622. The number of hydrogen-bond acceptors (Lipinski definition) is 5. The Hall–Kier alpha value is -1.47. The van der Waals surface area contributed by atoms with E-state index < -0.39 is 4.92 Å². The van der Waals surface area contributed by atoms with Crippen molar-refractivity contribution in [1.29, 1.82) is 0 Å². The maximum Gasteiger partial charge on any atom is 0.291 e. The number of anilines is 1. The Morgan fingerprint density at radius 2 is 2.15 bits per heavy atom. The Morgan fingerprint density at radius 3 is 2.70 bits per heavy atom. The van der Waals surface area contributed by atoms with E-state index in [9.17, 15) is 10.1 Å². The lowest BCUT2D eigenvalue weighted by Crippen LogP contribution is -2.03. The second-order valence-corrected chi connectivity index (χ2v) is 6.63. The second kappa shape index (κ2) is 5.88. The molecule has 0 amide bonds. The van der Waals surface area contributed by atoms with Crippen molar-refractivity contribution in [3.8, 4) is 0 Å². The Bertz CT molecular complexity index is 650. The van der Waals surface area contributed by atoms with Crippen LogP contribution in [0, 0.1) is 30.9 Å². The third-order valence-corrected chi connectivity index (χ3v) is 5.20. The number of aryl methyl sites for hydroxylation is 2. The summed E-state index contributed by atoms with van der Waals surface area (Å²) in [5, 5.41) is 14.0. The van der Waals surface area contributed by atoms with Crippen LogP contribution in [0.25, 0.3) is 0 Å². The molecule has 0 radical (unpaired) electrons. The second-order valence-electron chi connectivity index (χ2n) is 4.49. The van der Waals surface area contributed by atoms with Crippen LogP contribution < -0.4 is 5.32 Å². The number of nitro groups is 1. The van der Waals surface area contributed by atoms with Gasteiger partial charge in [0.1, 0.15) is 12.0 Å². The molecular weight excluding hydrogens is 342 g/mol. The van der Waals surface area contributed by atoms with Gasteiger partial charge in [0.05, 0.1) is 15.9 Å². The molecule has 2 aromatic heterocycles. The molecule has 2 aromatic rings. The van der Waals surface area contributed by atoms with Gasteiger partial charge in [-0.05, 0) is 48.3 Å². The number of pyridine rings is 1. The van der Waals surface area contributed by atoms with Gasteiger partial charge < -0.3 is 5.32 Å². The van der Waals surface area contributed by atoms with Gasteiger partial charge in [-0.1, -0.05) is 0 Å². The van der Waals surface area contributed by atoms with E-state index in [1.165, 1.54) is 21.5 Å². The number of thiophene rings is 1. The van der Waals surface area contributed by atoms with Gasteiger partial charge in [0, 0.05) is 15.3 Å². The van der Waals surface area contributed by atoms with Crippen molar-refractivity contribution in [2.45, 2.75) is 27.3 Å². The van der Waals surface area contributed by atoms with E-state index in [0.29, 0.717) is 22.4 Å². The monoisotopic (exact) mass is 355 g/mol. The van der Waals surface area contributed by atoms with Crippen LogP contribution in [0.5, 0.6) is 0 Å². The zero-order chi connectivity index (χ0) is 14.9. The van der Waals surface area contributed by atoms with E-state index >= 15 is 0 Å². The van der Waals surface area contributed by atoms with Crippen molar-refractivity contribution in [1.82, 2.24) is 4.98 Å². The Balaban J connectivity index is 2.18. The van der Waals surface area contributed by atoms with Gasteiger partial charge in [-0.2, -0.15) is 0 Å². The van der Waals surface area contributed by atoms with Gasteiger partial charge in [-0.3, -0.25) is 10.1 Å². The molecule has 0 atom stereocenters. The van der Waals surface area contributed by atoms with Crippen molar-refractivity contribution in [2.75, 3.05) is 5.32 Å². The first-order chi connectivity index (χ1) is 9.40. The van der Waals surface area contributed by atoms with E-state index in [-0.39, 0.29) is 5.69 Å². The van der Waals surface area contributed by atoms with Crippen LogP contribution in [0.4, 0.5) is 11.5 Å². The highest BCUT2D eigenvalue weighted by Crippen LogP contribution is 2.31. The van der Waals surface area contributed by atoms with Crippen LogP contribution in [0.2, 0.25) is 0 Å². The van der Waals surface area contributed by atoms with Crippen molar-refractivity contribution in [3.05, 3.63) is 47.7 Å². The molecule has 0 saturated carbocycles. The van der Waals surface area contributed by atoms with Gasteiger partial charge in [0.15, 0.2) is 0 Å². The first-order valence-electron chi connectivity index (χ1n) is 5.99. The molecule has 20 heavy (non-hydrogen) atoms. The maximum atomic E-state index is 10.8. The Labute approximate surface area is 129 Å². The van der Waals surface area contributed by atoms with Crippen LogP contribution in [0.1, 0.15) is 20.9 Å². The predicted octanol–water partition coefficient (Wildman–Crippen LogP) is 4.35. The molecule has 5 nitrogen and oxygen atoms in total. The van der Waals surface area contributed by atoms with E-state index in [1.807, 2.05) is 0 Å². The fourth-order valence-electron chi connectivity index (χ4n) is 1.78. The van der Waals surface area contributed by atoms with Crippen LogP contribution in [0.15, 0.2) is 16.7 Å². The minimum Gasteiger partial charge on any atom is -0.364 e. The predicted molar refractivity (Wildman–Crippen MR) is 84.4 cm³/mol. The molecule has 0 spiro atoms. The topological polar surface area (TPSA) is 68.1 Å². The number of rotatable bonds is 4. The van der Waals surface area contributed by atoms with E-state index in [1.54, 1.807) is 18.3 Å². The summed E-state index contributed by atoms with van der Waals surface area (Å²) in [5.41, 5.74) is 1.87. The molecule has 106 valence electrons. The molecule has 0 aliphatic carbocycles. The van der Waals surface area contributed by atoms with Gasteiger partial charge in [0.2, 0.25) is 0 Å². The standard InChI is InChI=1S/C13H14BrN3O2S/c1-7-4-10(20-9(7)3)5-15-13-12(14)8(2)11(6-16-13)17(18)19/h4,6H,5H2,1-3H3,(H,15,16). The minimum absolute atomic E-state index is 0.0187. The maximum absolute atomic E-state index is 10.8. The van der Waals surface area contributed by atoms with Crippen LogP contribution in [-0.2, 0) is 6.54 Å². The number of halogens is 1. The fraction of sp³-hybridized carbons (Fsp3) is 0.308. The molecule has 0 unspecified atom stereocenters. The highest BCUT2D eigenvalue weighted by Gasteiger charge is 2.17. The Morgan fingerprint density at radius 1 is 1.45 bits per heavy atom. The summed E-state index contributed by atoms with van der Waals surface area (Å²) in [7, 11) is 0. The van der Waals surface area contributed by atoms with Gasteiger partial charge in [-0.25, -0.2) is 4.98 Å². The Kier molecular flexibility index (Phi) is 4.39. The fourth-order valence-corrected chi connectivity index (χ4v) is 3.22.